The molecule has 0 heterocycles. The van der Waals surface area contributed by atoms with E-state index in [1.165, 1.54) is 44.9 Å². The molecule has 0 amide bonds. The maximum atomic E-state index is 5.61. The Bertz CT molecular complexity index is 145. The third-order valence-corrected chi connectivity index (χ3v) is 4.23. The second kappa shape index (κ2) is 11.9. The number of nitrogens with two attached hydrogens (primary N) is 3. The summed E-state index contributed by atoms with van der Waals surface area (Å²) >= 11 is 0. The second-order valence-corrected chi connectivity index (χ2v) is 5.59. The monoisotopic (exact) mass is 257 g/mol. The van der Waals surface area contributed by atoms with Crippen LogP contribution in [0.25, 0.3) is 0 Å². The van der Waals surface area contributed by atoms with Crippen LogP contribution < -0.4 is 17.2 Å². The fourth-order valence-electron chi connectivity index (χ4n) is 2.84. The molecule has 110 valence electrons. The fourth-order valence-corrected chi connectivity index (χ4v) is 2.84. The van der Waals surface area contributed by atoms with Crippen molar-refractivity contribution in [3.05, 3.63) is 0 Å². The summed E-state index contributed by atoms with van der Waals surface area (Å²) in [5.74, 6) is 0. The smallest absolute Gasteiger partial charge is 0.00773 e. The maximum absolute atomic E-state index is 5.61. The van der Waals surface area contributed by atoms with Gasteiger partial charge in [-0.1, -0.05) is 32.6 Å². The largest absolute Gasteiger partial charge is 0.330 e. The van der Waals surface area contributed by atoms with Gasteiger partial charge in [0.15, 0.2) is 0 Å². The molecule has 0 saturated heterocycles. The van der Waals surface area contributed by atoms with Crippen LogP contribution in [-0.4, -0.2) is 19.6 Å². The van der Waals surface area contributed by atoms with Crippen LogP contribution >= 0.6 is 0 Å². The van der Waals surface area contributed by atoms with E-state index in [2.05, 4.69) is 6.92 Å². The summed E-state index contributed by atoms with van der Waals surface area (Å²) in [7, 11) is 0. The van der Waals surface area contributed by atoms with Gasteiger partial charge in [0.25, 0.3) is 0 Å². The van der Waals surface area contributed by atoms with Crippen molar-refractivity contribution in [2.24, 2.45) is 22.6 Å². The molecular formula is C15H35N3. The molecule has 0 unspecified atom stereocenters. The Kier molecular flexibility index (Phi) is 11.9. The Morgan fingerprint density at radius 3 is 1.17 bits per heavy atom. The third kappa shape index (κ3) is 8.06. The summed E-state index contributed by atoms with van der Waals surface area (Å²) in [5, 5.41) is 0. The molecular weight excluding hydrogens is 222 g/mol. The number of hydrogen-bond acceptors (Lipinski definition) is 3. The zero-order valence-electron chi connectivity index (χ0n) is 12.4. The van der Waals surface area contributed by atoms with Crippen molar-refractivity contribution in [2.75, 3.05) is 19.6 Å². The van der Waals surface area contributed by atoms with Gasteiger partial charge in [-0.25, -0.2) is 0 Å². The Balaban J connectivity index is 4.20. The molecule has 0 bridgehead atoms. The van der Waals surface area contributed by atoms with Crippen LogP contribution in [0, 0.1) is 5.41 Å². The average Bonchev–Trinajstić information content (AvgIpc) is 2.39. The third-order valence-electron chi connectivity index (χ3n) is 4.23. The topological polar surface area (TPSA) is 78.1 Å². The van der Waals surface area contributed by atoms with Crippen molar-refractivity contribution in [3.8, 4) is 0 Å². The summed E-state index contributed by atoms with van der Waals surface area (Å²) in [6, 6.07) is 0. The second-order valence-electron chi connectivity index (χ2n) is 5.59. The van der Waals surface area contributed by atoms with Gasteiger partial charge >= 0.3 is 0 Å². The Labute approximate surface area is 114 Å². The van der Waals surface area contributed by atoms with Gasteiger partial charge in [-0.2, -0.15) is 0 Å². The fraction of sp³-hybridized carbons (Fsp3) is 1.00. The molecule has 0 aromatic rings. The predicted octanol–water partition coefficient (Wildman–Crippen LogP) is 2.77. The van der Waals surface area contributed by atoms with Gasteiger partial charge in [-0.05, 0) is 63.6 Å². The molecule has 0 spiro atoms. The molecule has 0 fully saturated rings. The Morgan fingerprint density at radius 2 is 0.944 bits per heavy atom. The maximum Gasteiger partial charge on any atom is -0.00773 e. The molecule has 0 aromatic carbocycles. The summed E-state index contributed by atoms with van der Waals surface area (Å²) in [5.41, 5.74) is 17.4. The van der Waals surface area contributed by atoms with Crippen molar-refractivity contribution in [1.82, 2.24) is 0 Å². The normalized spacial score (nSPS) is 12.0. The minimum atomic E-state index is 0.527. The number of hydrogen-bond donors (Lipinski definition) is 3. The van der Waals surface area contributed by atoms with Gasteiger partial charge in [0.2, 0.25) is 0 Å². The lowest BCUT2D eigenvalue weighted by molar-refractivity contribution is 0.189. The molecule has 0 rings (SSSR count). The lowest BCUT2D eigenvalue weighted by Crippen LogP contribution is -2.21. The van der Waals surface area contributed by atoms with Crippen LogP contribution in [0.2, 0.25) is 0 Å². The molecule has 0 aromatic heterocycles. The highest BCUT2D eigenvalue weighted by Crippen LogP contribution is 2.39. The van der Waals surface area contributed by atoms with Crippen molar-refractivity contribution >= 4 is 0 Å². The highest BCUT2D eigenvalue weighted by Gasteiger charge is 2.26. The SMILES string of the molecule is CCC(CCCCN)(CCCCN)CCCCN. The Hall–Kier alpha value is -0.120. The van der Waals surface area contributed by atoms with Crippen LogP contribution in [0.15, 0.2) is 0 Å². The highest BCUT2D eigenvalue weighted by atomic mass is 14.5. The first-order chi connectivity index (χ1) is 8.74. The van der Waals surface area contributed by atoms with Crippen LogP contribution in [0.5, 0.6) is 0 Å². The lowest BCUT2D eigenvalue weighted by atomic mass is 9.72. The van der Waals surface area contributed by atoms with Gasteiger partial charge < -0.3 is 17.2 Å². The molecule has 18 heavy (non-hydrogen) atoms. The first-order valence-electron chi connectivity index (χ1n) is 7.85. The molecule has 0 aliphatic heterocycles. The number of rotatable bonds is 13. The highest BCUT2D eigenvalue weighted by molar-refractivity contribution is 4.78. The molecule has 3 nitrogen and oxygen atoms in total. The van der Waals surface area contributed by atoms with Gasteiger partial charge in [0.05, 0.1) is 0 Å². The minimum Gasteiger partial charge on any atom is -0.330 e. The quantitative estimate of drug-likeness (QED) is 0.444. The van der Waals surface area contributed by atoms with E-state index in [9.17, 15) is 0 Å². The first-order valence-corrected chi connectivity index (χ1v) is 7.85. The van der Waals surface area contributed by atoms with Crippen molar-refractivity contribution in [3.63, 3.8) is 0 Å². The minimum absolute atomic E-state index is 0.527. The summed E-state index contributed by atoms with van der Waals surface area (Å²) in [6.07, 6.45) is 12.6. The van der Waals surface area contributed by atoms with E-state index < -0.39 is 0 Å². The van der Waals surface area contributed by atoms with E-state index in [1.54, 1.807) is 0 Å². The molecule has 3 heteroatoms. The van der Waals surface area contributed by atoms with Crippen LogP contribution in [-0.2, 0) is 0 Å². The van der Waals surface area contributed by atoms with Crippen molar-refractivity contribution in [1.29, 1.82) is 0 Å². The van der Waals surface area contributed by atoms with Crippen LogP contribution in [0.3, 0.4) is 0 Å². The molecule has 0 radical (unpaired) electrons. The summed E-state index contributed by atoms with van der Waals surface area (Å²) in [4.78, 5) is 0. The molecule has 0 aliphatic carbocycles. The van der Waals surface area contributed by atoms with E-state index in [-0.39, 0.29) is 0 Å². The molecule has 0 atom stereocenters. The summed E-state index contributed by atoms with van der Waals surface area (Å²) < 4.78 is 0. The Morgan fingerprint density at radius 1 is 0.611 bits per heavy atom. The van der Waals surface area contributed by atoms with E-state index in [0.29, 0.717) is 5.41 Å². The van der Waals surface area contributed by atoms with Gasteiger partial charge in [-0.3, -0.25) is 0 Å². The van der Waals surface area contributed by atoms with Crippen molar-refractivity contribution < 1.29 is 0 Å². The van der Waals surface area contributed by atoms with Gasteiger partial charge in [0, 0.05) is 0 Å². The van der Waals surface area contributed by atoms with Crippen molar-refractivity contribution in [2.45, 2.75) is 71.1 Å². The van der Waals surface area contributed by atoms with E-state index in [0.717, 1.165) is 38.9 Å². The lowest BCUT2D eigenvalue weighted by Gasteiger charge is -2.33. The summed E-state index contributed by atoms with van der Waals surface area (Å²) in [6.45, 7) is 4.82. The standard InChI is InChI=1S/C15H35N3/c1-2-15(9-3-6-12-16,10-4-7-13-17)11-5-8-14-18/h2-14,16-18H2,1H3. The van der Waals surface area contributed by atoms with Gasteiger partial charge in [-0.15, -0.1) is 0 Å². The number of unbranched alkanes of at least 4 members (excludes halogenated alkanes) is 3. The van der Waals surface area contributed by atoms with E-state index in [1.807, 2.05) is 0 Å². The molecule has 0 aliphatic rings. The van der Waals surface area contributed by atoms with Crippen LogP contribution in [0.1, 0.15) is 71.1 Å². The average molecular weight is 257 g/mol. The molecule has 0 saturated carbocycles. The van der Waals surface area contributed by atoms with E-state index in [4.69, 9.17) is 17.2 Å². The zero-order valence-corrected chi connectivity index (χ0v) is 12.4. The predicted molar refractivity (Wildman–Crippen MR) is 81.4 cm³/mol. The zero-order chi connectivity index (χ0) is 13.7. The van der Waals surface area contributed by atoms with E-state index >= 15 is 0 Å². The van der Waals surface area contributed by atoms with Gasteiger partial charge in [0.1, 0.15) is 0 Å². The molecule has 6 N–H and O–H groups in total. The first kappa shape index (κ1) is 17.9. The van der Waals surface area contributed by atoms with Crippen LogP contribution in [0.4, 0.5) is 0 Å².